The third-order valence-electron chi connectivity index (χ3n) is 3.51. The molecular formula is C13H16N2O. The molecule has 3 nitrogen and oxygen atoms in total. The molecule has 3 heteroatoms. The first-order chi connectivity index (χ1) is 7.77. The van der Waals surface area contributed by atoms with E-state index in [0.717, 1.165) is 16.8 Å². The van der Waals surface area contributed by atoms with Crippen molar-refractivity contribution in [1.82, 2.24) is 4.98 Å². The minimum atomic E-state index is 0.207. The van der Waals surface area contributed by atoms with Crippen molar-refractivity contribution < 1.29 is 4.42 Å². The number of nitrogens with zero attached hydrogens (tertiary/aromatic N) is 1. The van der Waals surface area contributed by atoms with Crippen LogP contribution in [0.5, 0.6) is 0 Å². The van der Waals surface area contributed by atoms with Crippen molar-refractivity contribution >= 4 is 16.8 Å². The molecule has 1 saturated carbocycles. The van der Waals surface area contributed by atoms with Gasteiger partial charge in [-0.15, -0.1) is 0 Å². The Kier molecular flexibility index (Phi) is 2.13. The van der Waals surface area contributed by atoms with E-state index in [0.29, 0.717) is 0 Å². The molecule has 0 aliphatic heterocycles. The molecule has 2 heterocycles. The van der Waals surface area contributed by atoms with E-state index in [9.17, 15) is 0 Å². The number of nitrogens with one attached hydrogen (secondary N) is 1. The second kappa shape index (κ2) is 3.51. The number of rotatable bonds is 2. The summed E-state index contributed by atoms with van der Waals surface area (Å²) in [6, 6.07) is 3.88. The van der Waals surface area contributed by atoms with E-state index < -0.39 is 0 Å². The number of aromatic nitrogens is 1. The van der Waals surface area contributed by atoms with Gasteiger partial charge < -0.3 is 9.73 Å². The van der Waals surface area contributed by atoms with E-state index in [1.807, 2.05) is 12.1 Å². The monoisotopic (exact) mass is 216 g/mol. The number of pyridine rings is 1. The standard InChI is InChI=1S/C13H16N2O/c1-13(6-2-3-7-13)15-12-10-5-9-16-11(10)4-8-14-12/h4-5,8-9H,2-3,6-7H2,1H3,(H,14,15). The SMILES string of the molecule is CC1(Nc2nccc3occc23)CCCC1. The van der Waals surface area contributed by atoms with Crippen molar-refractivity contribution in [2.45, 2.75) is 38.1 Å². The van der Waals surface area contributed by atoms with Crippen LogP contribution in [0.1, 0.15) is 32.6 Å². The largest absolute Gasteiger partial charge is 0.464 e. The zero-order chi connectivity index (χ0) is 11.0. The zero-order valence-corrected chi connectivity index (χ0v) is 9.49. The third kappa shape index (κ3) is 1.56. The fourth-order valence-corrected chi connectivity index (χ4v) is 2.56. The molecule has 1 aliphatic carbocycles. The van der Waals surface area contributed by atoms with E-state index in [1.165, 1.54) is 25.7 Å². The van der Waals surface area contributed by atoms with E-state index in [1.54, 1.807) is 12.5 Å². The van der Waals surface area contributed by atoms with Crippen LogP contribution in [0.15, 0.2) is 29.0 Å². The summed E-state index contributed by atoms with van der Waals surface area (Å²) in [6.45, 7) is 2.28. The van der Waals surface area contributed by atoms with Gasteiger partial charge in [0.2, 0.25) is 0 Å². The first-order valence-corrected chi connectivity index (χ1v) is 5.87. The highest BCUT2D eigenvalue weighted by molar-refractivity contribution is 5.88. The van der Waals surface area contributed by atoms with Crippen molar-refractivity contribution in [3.8, 4) is 0 Å². The van der Waals surface area contributed by atoms with Gasteiger partial charge in [-0.3, -0.25) is 0 Å². The molecular weight excluding hydrogens is 200 g/mol. The maximum absolute atomic E-state index is 5.38. The van der Waals surface area contributed by atoms with Gasteiger partial charge in [0.05, 0.1) is 11.6 Å². The topological polar surface area (TPSA) is 38.1 Å². The van der Waals surface area contributed by atoms with Crippen LogP contribution in [-0.2, 0) is 0 Å². The van der Waals surface area contributed by atoms with Crippen molar-refractivity contribution in [1.29, 1.82) is 0 Å². The molecule has 0 atom stereocenters. The number of hydrogen-bond donors (Lipinski definition) is 1. The molecule has 2 aromatic rings. The molecule has 0 radical (unpaired) electrons. The molecule has 0 amide bonds. The summed E-state index contributed by atoms with van der Waals surface area (Å²) in [6.07, 6.45) is 8.59. The normalized spacial score (nSPS) is 19.1. The van der Waals surface area contributed by atoms with Crippen molar-refractivity contribution in [2.75, 3.05) is 5.32 Å². The lowest BCUT2D eigenvalue weighted by molar-refractivity contribution is 0.531. The van der Waals surface area contributed by atoms with Crippen molar-refractivity contribution in [3.05, 3.63) is 24.6 Å². The second-order valence-corrected chi connectivity index (χ2v) is 4.88. The van der Waals surface area contributed by atoms with Crippen LogP contribution in [-0.4, -0.2) is 10.5 Å². The Labute approximate surface area is 94.9 Å². The number of furan rings is 1. The van der Waals surface area contributed by atoms with E-state index in [-0.39, 0.29) is 5.54 Å². The maximum atomic E-state index is 5.38. The molecule has 0 spiro atoms. The maximum Gasteiger partial charge on any atom is 0.139 e. The van der Waals surface area contributed by atoms with Crippen LogP contribution in [0.2, 0.25) is 0 Å². The molecule has 0 bridgehead atoms. The fraction of sp³-hybridized carbons (Fsp3) is 0.462. The van der Waals surface area contributed by atoms with Gasteiger partial charge in [0, 0.05) is 11.7 Å². The lowest BCUT2D eigenvalue weighted by Gasteiger charge is -2.26. The van der Waals surface area contributed by atoms with Crippen LogP contribution >= 0.6 is 0 Å². The minimum absolute atomic E-state index is 0.207. The third-order valence-corrected chi connectivity index (χ3v) is 3.51. The smallest absolute Gasteiger partial charge is 0.139 e. The van der Waals surface area contributed by atoms with Crippen LogP contribution in [0.25, 0.3) is 11.0 Å². The van der Waals surface area contributed by atoms with Gasteiger partial charge in [0.15, 0.2) is 0 Å². The Bertz CT molecular complexity index is 497. The van der Waals surface area contributed by atoms with Crippen molar-refractivity contribution in [3.63, 3.8) is 0 Å². The van der Waals surface area contributed by atoms with E-state index in [4.69, 9.17) is 4.42 Å². The molecule has 1 N–H and O–H groups in total. The predicted octanol–water partition coefficient (Wildman–Crippen LogP) is 3.57. The molecule has 2 aromatic heterocycles. The second-order valence-electron chi connectivity index (χ2n) is 4.88. The van der Waals surface area contributed by atoms with Gasteiger partial charge >= 0.3 is 0 Å². The van der Waals surface area contributed by atoms with Gasteiger partial charge in [-0.1, -0.05) is 12.8 Å². The average Bonchev–Trinajstić information content (AvgIpc) is 2.87. The summed E-state index contributed by atoms with van der Waals surface area (Å²) >= 11 is 0. The first kappa shape index (κ1) is 9.70. The predicted molar refractivity (Wildman–Crippen MR) is 64.5 cm³/mol. The summed E-state index contributed by atoms with van der Waals surface area (Å²) in [7, 11) is 0. The fourth-order valence-electron chi connectivity index (χ4n) is 2.56. The van der Waals surface area contributed by atoms with Gasteiger partial charge in [-0.25, -0.2) is 4.98 Å². The number of hydrogen-bond acceptors (Lipinski definition) is 3. The van der Waals surface area contributed by atoms with Gasteiger partial charge in [-0.2, -0.15) is 0 Å². The van der Waals surface area contributed by atoms with Crippen molar-refractivity contribution in [2.24, 2.45) is 0 Å². The minimum Gasteiger partial charge on any atom is -0.464 e. The lowest BCUT2D eigenvalue weighted by atomic mass is 10.0. The Morgan fingerprint density at radius 3 is 2.94 bits per heavy atom. The Balaban J connectivity index is 1.96. The van der Waals surface area contributed by atoms with Crippen LogP contribution in [0, 0.1) is 0 Å². The molecule has 16 heavy (non-hydrogen) atoms. The summed E-state index contributed by atoms with van der Waals surface area (Å²) in [5.74, 6) is 0.954. The molecule has 84 valence electrons. The Morgan fingerprint density at radius 2 is 2.12 bits per heavy atom. The number of anilines is 1. The van der Waals surface area contributed by atoms with E-state index >= 15 is 0 Å². The summed E-state index contributed by atoms with van der Waals surface area (Å²) < 4.78 is 5.38. The Morgan fingerprint density at radius 1 is 1.31 bits per heavy atom. The molecule has 0 saturated heterocycles. The summed E-state index contributed by atoms with van der Waals surface area (Å²) in [4.78, 5) is 4.42. The van der Waals surface area contributed by atoms with Gasteiger partial charge in [0.1, 0.15) is 11.4 Å². The highest BCUT2D eigenvalue weighted by atomic mass is 16.3. The molecule has 1 aliphatic rings. The van der Waals surface area contributed by atoms with Gasteiger partial charge in [-0.05, 0) is 31.9 Å². The van der Waals surface area contributed by atoms with Crippen LogP contribution in [0.3, 0.4) is 0 Å². The first-order valence-electron chi connectivity index (χ1n) is 5.87. The lowest BCUT2D eigenvalue weighted by Crippen LogP contribution is -2.31. The quantitative estimate of drug-likeness (QED) is 0.833. The molecule has 0 aromatic carbocycles. The summed E-state index contributed by atoms with van der Waals surface area (Å²) in [5, 5.41) is 4.65. The summed E-state index contributed by atoms with van der Waals surface area (Å²) in [5.41, 5.74) is 1.11. The highest BCUT2D eigenvalue weighted by Gasteiger charge is 2.29. The zero-order valence-electron chi connectivity index (χ0n) is 9.49. The van der Waals surface area contributed by atoms with Crippen LogP contribution in [0.4, 0.5) is 5.82 Å². The van der Waals surface area contributed by atoms with E-state index in [2.05, 4.69) is 17.2 Å². The molecule has 3 rings (SSSR count). The van der Waals surface area contributed by atoms with Gasteiger partial charge in [0.25, 0.3) is 0 Å². The average molecular weight is 216 g/mol. The molecule has 1 fully saturated rings. The Hall–Kier alpha value is -1.51. The highest BCUT2D eigenvalue weighted by Crippen LogP contribution is 2.34. The molecule has 0 unspecified atom stereocenters. The van der Waals surface area contributed by atoms with Crippen LogP contribution < -0.4 is 5.32 Å². The number of fused-ring (bicyclic) bond motifs is 1.